The van der Waals surface area contributed by atoms with E-state index in [9.17, 15) is 9.59 Å². The minimum Gasteiger partial charge on any atom is -0.370 e. The number of nitrogens with two attached hydrogens (primary N) is 1. The van der Waals surface area contributed by atoms with Gasteiger partial charge in [0.2, 0.25) is 5.91 Å². The molecule has 2 heterocycles. The van der Waals surface area contributed by atoms with Crippen molar-refractivity contribution in [1.29, 1.82) is 0 Å². The average Bonchev–Trinajstić information content (AvgIpc) is 3.51. The molecule has 1 aliphatic carbocycles. The van der Waals surface area contributed by atoms with Gasteiger partial charge in [-0.15, -0.1) is 11.6 Å². The van der Waals surface area contributed by atoms with Crippen LogP contribution in [0.25, 0.3) is 0 Å². The molecular formula is C21H29ClN4O3. The fraction of sp³-hybridized carbons (Fsp3) is 0.619. The zero-order valence-electron chi connectivity index (χ0n) is 16.6. The van der Waals surface area contributed by atoms with Crippen LogP contribution in [0.2, 0.25) is 0 Å². The van der Waals surface area contributed by atoms with Crippen LogP contribution in [0.15, 0.2) is 18.2 Å². The largest absolute Gasteiger partial charge is 0.370 e. The predicted octanol–water partition coefficient (Wildman–Crippen LogP) is 1.53. The number of amides is 2. The molecule has 8 heteroatoms. The zero-order chi connectivity index (χ0) is 20.4. The van der Waals surface area contributed by atoms with Crippen molar-refractivity contribution in [3.63, 3.8) is 0 Å². The Bertz CT molecular complexity index is 764. The van der Waals surface area contributed by atoms with Crippen LogP contribution >= 0.6 is 11.6 Å². The number of hydrogen-bond acceptors (Lipinski definition) is 5. The van der Waals surface area contributed by atoms with E-state index in [1.807, 2.05) is 4.90 Å². The summed E-state index contributed by atoms with van der Waals surface area (Å²) < 4.78 is 5.69. The number of morpholine rings is 1. The number of hydrogen-bond donors (Lipinski definition) is 2. The van der Waals surface area contributed by atoms with Gasteiger partial charge in [0.1, 0.15) is 6.10 Å². The Morgan fingerprint density at radius 2 is 2.17 bits per heavy atom. The van der Waals surface area contributed by atoms with Gasteiger partial charge in [0.15, 0.2) is 0 Å². The van der Waals surface area contributed by atoms with E-state index in [0.717, 1.165) is 49.3 Å². The first-order valence-corrected chi connectivity index (χ1v) is 10.9. The van der Waals surface area contributed by atoms with Crippen molar-refractivity contribution in [2.75, 3.05) is 37.7 Å². The molecule has 0 radical (unpaired) electrons. The molecule has 3 aliphatic rings. The van der Waals surface area contributed by atoms with Crippen LogP contribution < -0.4 is 16.0 Å². The number of benzene rings is 1. The number of carbonyl (C=O) groups is 2. The minimum atomic E-state index is -0.392. The van der Waals surface area contributed by atoms with Gasteiger partial charge in [-0.2, -0.15) is 0 Å². The second-order valence-electron chi connectivity index (χ2n) is 8.14. The van der Waals surface area contributed by atoms with Gasteiger partial charge in [-0.25, -0.2) is 0 Å². The Balaban J connectivity index is 1.47. The van der Waals surface area contributed by atoms with Gasteiger partial charge in [0, 0.05) is 50.9 Å². The van der Waals surface area contributed by atoms with Crippen LogP contribution in [-0.4, -0.2) is 61.6 Å². The predicted molar refractivity (Wildman–Crippen MR) is 112 cm³/mol. The number of halogens is 1. The molecule has 1 saturated heterocycles. The number of fused-ring (bicyclic) bond motifs is 1. The zero-order valence-corrected chi connectivity index (χ0v) is 17.4. The third-order valence-corrected chi connectivity index (χ3v) is 6.20. The van der Waals surface area contributed by atoms with Gasteiger partial charge in [-0.3, -0.25) is 9.59 Å². The molecule has 1 aromatic carbocycles. The molecule has 3 N–H and O–H groups in total. The summed E-state index contributed by atoms with van der Waals surface area (Å²) in [5.41, 5.74) is 8.57. The van der Waals surface area contributed by atoms with Crippen molar-refractivity contribution in [2.24, 2.45) is 5.73 Å². The maximum absolute atomic E-state index is 13.0. The van der Waals surface area contributed by atoms with Gasteiger partial charge in [0.25, 0.3) is 5.91 Å². The lowest BCUT2D eigenvalue weighted by Crippen LogP contribution is -2.49. The molecule has 0 spiro atoms. The Hall–Kier alpha value is -1.83. The lowest BCUT2D eigenvalue weighted by molar-refractivity contribution is -0.146. The fourth-order valence-electron chi connectivity index (χ4n) is 4.15. The van der Waals surface area contributed by atoms with E-state index in [0.29, 0.717) is 38.6 Å². The van der Waals surface area contributed by atoms with Crippen LogP contribution in [0, 0.1) is 0 Å². The highest BCUT2D eigenvalue weighted by Crippen LogP contribution is 2.40. The number of alkyl halides is 1. The van der Waals surface area contributed by atoms with Crippen LogP contribution in [0.5, 0.6) is 0 Å². The summed E-state index contributed by atoms with van der Waals surface area (Å²) in [6, 6.07) is 6.60. The topological polar surface area (TPSA) is 87.9 Å². The Morgan fingerprint density at radius 1 is 1.34 bits per heavy atom. The number of nitrogens with one attached hydrogen (secondary N) is 1. The molecule has 0 bridgehead atoms. The van der Waals surface area contributed by atoms with Gasteiger partial charge in [-0.1, -0.05) is 12.1 Å². The van der Waals surface area contributed by atoms with Crippen molar-refractivity contribution in [3.8, 4) is 0 Å². The fourth-order valence-corrected chi connectivity index (χ4v) is 4.50. The summed E-state index contributed by atoms with van der Waals surface area (Å²) >= 11 is 6.53. The van der Waals surface area contributed by atoms with Crippen LogP contribution in [0.1, 0.15) is 42.2 Å². The second-order valence-corrected chi connectivity index (χ2v) is 8.66. The van der Waals surface area contributed by atoms with Crippen molar-refractivity contribution >= 4 is 29.1 Å². The van der Waals surface area contributed by atoms with E-state index >= 15 is 0 Å². The molecule has 2 amide bonds. The Labute approximate surface area is 176 Å². The van der Waals surface area contributed by atoms with E-state index < -0.39 is 6.10 Å². The standard InChI is InChI=1S/C21H29ClN4O3/c22-17-13-25(8-1-2-20(23)27)18-10-14(3-6-16(17)18)12-26(15-4-5-15)21(28)19-11-24-7-9-29-19/h3,6,10,15,17,19,24H,1-2,4-5,7-9,11-13H2,(H2,23,27)/t17?,19-/m1/s1. The molecule has 2 aliphatic heterocycles. The number of carbonyl (C=O) groups excluding carboxylic acids is 2. The summed E-state index contributed by atoms with van der Waals surface area (Å²) in [5, 5.41) is 3.18. The molecule has 0 aromatic heterocycles. The van der Waals surface area contributed by atoms with E-state index in [2.05, 4.69) is 28.4 Å². The summed E-state index contributed by atoms with van der Waals surface area (Å²) in [7, 11) is 0. The van der Waals surface area contributed by atoms with Gasteiger partial charge < -0.3 is 25.6 Å². The number of primary amides is 1. The molecule has 2 fully saturated rings. The molecule has 4 rings (SSSR count). The maximum atomic E-state index is 13.0. The maximum Gasteiger partial charge on any atom is 0.253 e. The van der Waals surface area contributed by atoms with Crippen LogP contribution in [0.3, 0.4) is 0 Å². The third kappa shape index (κ3) is 4.85. The molecular weight excluding hydrogens is 392 g/mol. The summed E-state index contributed by atoms with van der Waals surface area (Å²) in [4.78, 5) is 28.3. The van der Waals surface area contributed by atoms with E-state index in [4.69, 9.17) is 22.1 Å². The normalized spacial score (nSPS) is 23.7. The van der Waals surface area contributed by atoms with Crippen LogP contribution in [0.4, 0.5) is 5.69 Å². The molecule has 1 aromatic rings. The highest BCUT2D eigenvalue weighted by atomic mass is 35.5. The van der Waals surface area contributed by atoms with Crippen molar-refractivity contribution in [2.45, 2.75) is 49.8 Å². The van der Waals surface area contributed by atoms with Gasteiger partial charge in [-0.05, 0) is 36.5 Å². The molecule has 158 valence electrons. The van der Waals surface area contributed by atoms with Crippen molar-refractivity contribution < 1.29 is 14.3 Å². The van der Waals surface area contributed by atoms with Gasteiger partial charge in [0.05, 0.1) is 12.0 Å². The SMILES string of the molecule is NC(=O)CCCN1CC(Cl)c2ccc(CN(C(=O)[C@H]3CNCCO3)C3CC3)cc21. The van der Waals surface area contributed by atoms with E-state index in [1.54, 1.807) is 0 Å². The van der Waals surface area contributed by atoms with Gasteiger partial charge >= 0.3 is 0 Å². The lowest BCUT2D eigenvalue weighted by atomic mass is 10.1. The van der Waals surface area contributed by atoms with Crippen molar-refractivity contribution in [1.82, 2.24) is 10.2 Å². The second kappa shape index (κ2) is 8.90. The molecule has 1 saturated carbocycles. The first-order chi connectivity index (χ1) is 14.0. The first kappa shape index (κ1) is 20.4. The van der Waals surface area contributed by atoms with E-state index in [-0.39, 0.29) is 17.2 Å². The smallest absolute Gasteiger partial charge is 0.253 e. The first-order valence-electron chi connectivity index (χ1n) is 10.5. The summed E-state index contributed by atoms with van der Waals surface area (Å²) in [5.74, 6) is -0.202. The number of ether oxygens (including phenoxy) is 1. The average molecular weight is 421 g/mol. The highest BCUT2D eigenvalue weighted by molar-refractivity contribution is 6.22. The third-order valence-electron chi connectivity index (χ3n) is 5.83. The molecule has 7 nitrogen and oxygen atoms in total. The molecule has 1 unspecified atom stereocenters. The summed E-state index contributed by atoms with van der Waals surface area (Å²) in [6.07, 6.45) is 2.80. The van der Waals surface area contributed by atoms with E-state index in [1.165, 1.54) is 0 Å². The number of nitrogens with zero attached hydrogens (tertiary/aromatic N) is 2. The quantitative estimate of drug-likeness (QED) is 0.623. The number of rotatable bonds is 8. The highest BCUT2D eigenvalue weighted by Gasteiger charge is 2.37. The lowest BCUT2D eigenvalue weighted by Gasteiger charge is -2.30. The molecule has 2 atom stereocenters. The Kier molecular flexibility index (Phi) is 6.27. The monoisotopic (exact) mass is 420 g/mol. The summed E-state index contributed by atoms with van der Waals surface area (Å²) in [6.45, 7) is 4.00. The minimum absolute atomic E-state index is 0.0597. The Morgan fingerprint density at radius 3 is 2.86 bits per heavy atom. The molecule has 29 heavy (non-hydrogen) atoms. The van der Waals surface area contributed by atoms with Crippen molar-refractivity contribution in [3.05, 3.63) is 29.3 Å². The van der Waals surface area contributed by atoms with Crippen LogP contribution in [-0.2, 0) is 20.9 Å². The number of anilines is 1.